The third-order valence-corrected chi connectivity index (χ3v) is 4.83. The Labute approximate surface area is 105 Å². The minimum atomic E-state index is -1.32. The molecule has 0 saturated heterocycles. The summed E-state index contributed by atoms with van der Waals surface area (Å²) < 4.78 is -0.182. The molecule has 0 aromatic heterocycles. The van der Waals surface area contributed by atoms with Crippen molar-refractivity contribution in [1.29, 1.82) is 0 Å². The van der Waals surface area contributed by atoms with Crippen molar-refractivity contribution < 1.29 is 20.4 Å². The summed E-state index contributed by atoms with van der Waals surface area (Å²) in [5.41, 5.74) is 0. The largest absolute Gasteiger partial charge is 0.391 e. The fourth-order valence-corrected chi connectivity index (χ4v) is 3.80. The Hall–Kier alpha value is 0.540. The van der Waals surface area contributed by atoms with Crippen molar-refractivity contribution in [2.75, 3.05) is 11.5 Å². The highest BCUT2D eigenvalue weighted by Gasteiger charge is 2.33. The minimum absolute atomic E-state index is 0.182. The number of rotatable bonds is 8. The first-order valence-corrected chi connectivity index (χ1v) is 7.50. The smallest absolute Gasteiger partial charge is 0.110 e. The highest BCUT2D eigenvalue weighted by Crippen LogP contribution is 2.29. The van der Waals surface area contributed by atoms with Crippen LogP contribution >= 0.6 is 23.5 Å². The van der Waals surface area contributed by atoms with Gasteiger partial charge in [0.05, 0.1) is 10.7 Å². The molecule has 0 aromatic carbocycles. The lowest BCUT2D eigenvalue weighted by atomic mass is 10.1. The van der Waals surface area contributed by atoms with Crippen LogP contribution in [-0.4, -0.2) is 60.9 Å². The molecule has 98 valence electrons. The maximum absolute atomic E-state index is 9.90. The molecule has 0 radical (unpaired) electrons. The SMILES string of the molecule is CCSC(SCC)[C@@H](O)[C@H](O)[C@@H](O)[C@@H](C)O. The highest BCUT2D eigenvalue weighted by atomic mass is 32.2. The molecule has 0 aliphatic carbocycles. The molecule has 4 N–H and O–H groups in total. The fourth-order valence-electron chi connectivity index (χ4n) is 1.22. The van der Waals surface area contributed by atoms with Crippen molar-refractivity contribution in [2.45, 2.75) is 49.8 Å². The lowest BCUT2D eigenvalue weighted by Crippen LogP contribution is -2.46. The molecular weight excluding hydrogens is 248 g/mol. The van der Waals surface area contributed by atoms with Crippen molar-refractivity contribution in [3.05, 3.63) is 0 Å². The van der Waals surface area contributed by atoms with Gasteiger partial charge in [-0.1, -0.05) is 13.8 Å². The molecule has 16 heavy (non-hydrogen) atoms. The van der Waals surface area contributed by atoms with Crippen molar-refractivity contribution in [2.24, 2.45) is 0 Å². The molecule has 0 bridgehead atoms. The Kier molecular flexibility index (Phi) is 8.90. The Morgan fingerprint density at radius 1 is 0.812 bits per heavy atom. The zero-order chi connectivity index (χ0) is 12.7. The first kappa shape index (κ1) is 16.5. The number of hydrogen-bond acceptors (Lipinski definition) is 6. The second kappa shape index (κ2) is 8.60. The minimum Gasteiger partial charge on any atom is -0.391 e. The maximum Gasteiger partial charge on any atom is 0.110 e. The van der Waals surface area contributed by atoms with E-state index >= 15 is 0 Å². The van der Waals surface area contributed by atoms with Crippen LogP contribution in [0.1, 0.15) is 20.8 Å². The molecule has 0 aliphatic heterocycles. The number of hydrogen-bond donors (Lipinski definition) is 4. The Balaban J connectivity index is 4.40. The van der Waals surface area contributed by atoms with Crippen LogP contribution in [-0.2, 0) is 0 Å². The summed E-state index contributed by atoms with van der Waals surface area (Å²) in [5, 5.41) is 38.2. The van der Waals surface area contributed by atoms with Crippen LogP contribution < -0.4 is 0 Å². The molecule has 6 heteroatoms. The lowest BCUT2D eigenvalue weighted by molar-refractivity contribution is -0.0952. The van der Waals surface area contributed by atoms with Gasteiger partial charge in [0.25, 0.3) is 0 Å². The summed E-state index contributed by atoms with van der Waals surface area (Å²) in [4.78, 5) is 0. The molecule has 0 unspecified atom stereocenters. The molecule has 0 fully saturated rings. The molecule has 0 saturated carbocycles. The summed E-state index contributed by atoms with van der Waals surface area (Å²) in [6.45, 7) is 5.33. The van der Waals surface area contributed by atoms with Gasteiger partial charge in [0, 0.05) is 0 Å². The summed E-state index contributed by atoms with van der Waals surface area (Å²) >= 11 is 3.05. The van der Waals surface area contributed by atoms with Crippen LogP contribution in [0.15, 0.2) is 0 Å². The topological polar surface area (TPSA) is 80.9 Å². The normalized spacial score (nSPS) is 19.5. The van der Waals surface area contributed by atoms with E-state index in [4.69, 9.17) is 5.11 Å². The van der Waals surface area contributed by atoms with Crippen molar-refractivity contribution in [3.63, 3.8) is 0 Å². The molecule has 0 aromatic rings. The average molecular weight is 270 g/mol. The van der Waals surface area contributed by atoms with Crippen LogP contribution in [0.3, 0.4) is 0 Å². The standard InChI is InChI=1S/C10H22O4S2/c1-4-15-10(16-5-2)9(14)8(13)7(12)6(3)11/h6-14H,4-5H2,1-3H3/t6-,7+,8-,9+/m1/s1. The fraction of sp³-hybridized carbons (Fsp3) is 1.00. The zero-order valence-corrected chi connectivity index (χ0v) is 11.5. The van der Waals surface area contributed by atoms with Gasteiger partial charge in [-0.25, -0.2) is 0 Å². The van der Waals surface area contributed by atoms with Gasteiger partial charge in [-0.2, -0.15) is 0 Å². The molecule has 0 amide bonds. The van der Waals surface area contributed by atoms with Gasteiger partial charge in [-0.05, 0) is 18.4 Å². The number of thioether (sulfide) groups is 2. The summed E-state index contributed by atoms with van der Waals surface area (Å²) in [7, 11) is 0. The van der Waals surface area contributed by atoms with Gasteiger partial charge >= 0.3 is 0 Å². The van der Waals surface area contributed by atoms with Gasteiger partial charge in [0.1, 0.15) is 18.3 Å². The Morgan fingerprint density at radius 2 is 1.25 bits per heavy atom. The molecular formula is C10H22O4S2. The first-order chi connectivity index (χ1) is 7.45. The van der Waals surface area contributed by atoms with Gasteiger partial charge in [-0.15, -0.1) is 23.5 Å². The third kappa shape index (κ3) is 5.25. The van der Waals surface area contributed by atoms with Crippen LogP contribution in [0, 0.1) is 0 Å². The maximum atomic E-state index is 9.90. The molecule has 0 spiro atoms. The second-order valence-corrected chi connectivity index (χ2v) is 6.63. The predicted octanol–water partition coefficient (Wildman–Crippen LogP) is 0.282. The zero-order valence-electron chi connectivity index (χ0n) is 9.91. The summed E-state index contributed by atoms with van der Waals surface area (Å²) in [6, 6.07) is 0. The Bertz CT molecular complexity index is 172. The van der Waals surface area contributed by atoms with Crippen LogP contribution in [0.25, 0.3) is 0 Å². The second-order valence-electron chi connectivity index (χ2n) is 3.49. The van der Waals surface area contributed by atoms with E-state index in [1.807, 2.05) is 13.8 Å². The monoisotopic (exact) mass is 270 g/mol. The number of aliphatic hydroxyl groups excluding tert-OH is 4. The molecule has 4 nitrogen and oxygen atoms in total. The van der Waals surface area contributed by atoms with Crippen LogP contribution in [0.4, 0.5) is 0 Å². The lowest BCUT2D eigenvalue weighted by Gasteiger charge is -2.29. The molecule has 0 rings (SSSR count). The van der Waals surface area contributed by atoms with Crippen molar-refractivity contribution >= 4 is 23.5 Å². The van der Waals surface area contributed by atoms with E-state index in [1.54, 1.807) is 0 Å². The van der Waals surface area contributed by atoms with E-state index in [0.29, 0.717) is 0 Å². The summed E-state index contributed by atoms with van der Waals surface area (Å²) in [6.07, 6.45) is -4.72. The highest BCUT2D eigenvalue weighted by molar-refractivity contribution is 8.17. The predicted molar refractivity (Wildman–Crippen MR) is 69.8 cm³/mol. The van der Waals surface area contributed by atoms with Gasteiger partial charge in [-0.3, -0.25) is 0 Å². The van der Waals surface area contributed by atoms with Crippen LogP contribution in [0.5, 0.6) is 0 Å². The van der Waals surface area contributed by atoms with Crippen molar-refractivity contribution in [1.82, 2.24) is 0 Å². The Morgan fingerprint density at radius 3 is 1.56 bits per heavy atom. The first-order valence-electron chi connectivity index (χ1n) is 5.41. The average Bonchev–Trinajstić information content (AvgIpc) is 2.25. The summed E-state index contributed by atoms with van der Waals surface area (Å²) in [5.74, 6) is 1.65. The van der Waals surface area contributed by atoms with E-state index in [2.05, 4.69) is 0 Å². The van der Waals surface area contributed by atoms with E-state index in [9.17, 15) is 15.3 Å². The van der Waals surface area contributed by atoms with Crippen LogP contribution in [0.2, 0.25) is 0 Å². The van der Waals surface area contributed by atoms with Gasteiger partial charge in [0.15, 0.2) is 0 Å². The molecule has 4 atom stereocenters. The van der Waals surface area contributed by atoms with Crippen molar-refractivity contribution in [3.8, 4) is 0 Å². The van der Waals surface area contributed by atoms with E-state index in [-0.39, 0.29) is 4.58 Å². The molecule has 0 aliphatic rings. The van der Waals surface area contributed by atoms with Gasteiger partial charge in [0.2, 0.25) is 0 Å². The molecule has 0 heterocycles. The number of aliphatic hydroxyl groups is 4. The van der Waals surface area contributed by atoms with Gasteiger partial charge < -0.3 is 20.4 Å². The van der Waals surface area contributed by atoms with E-state index in [0.717, 1.165) is 11.5 Å². The quantitative estimate of drug-likeness (QED) is 0.475. The van der Waals surface area contributed by atoms with E-state index < -0.39 is 24.4 Å². The van der Waals surface area contributed by atoms with E-state index in [1.165, 1.54) is 30.4 Å². The third-order valence-electron chi connectivity index (χ3n) is 2.13.